The molecule has 0 aromatic heterocycles. The maximum absolute atomic E-state index is 12.3. The van der Waals surface area contributed by atoms with E-state index in [1.807, 2.05) is 49.4 Å². The zero-order chi connectivity index (χ0) is 17.1. The van der Waals surface area contributed by atoms with Crippen molar-refractivity contribution in [2.24, 2.45) is 0 Å². The van der Waals surface area contributed by atoms with Crippen molar-refractivity contribution in [1.82, 2.24) is 5.32 Å². The standard InChI is InChI=1S/C18H17ClN2O2S/c1-11(12-5-4-6-13(19)9-12)20-17(22)10-16-18(23)21-14-7-2-3-8-15(14)24-16/h2-9,11,16H,10H2,1H3,(H,20,22)(H,21,23)/t11-,16+/m1/s1. The van der Waals surface area contributed by atoms with Gasteiger partial charge < -0.3 is 10.6 Å². The minimum Gasteiger partial charge on any atom is -0.350 e. The fourth-order valence-corrected chi connectivity index (χ4v) is 3.86. The van der Waals surface area contributed by atoms with Crippen LogP contribution in [0.5, 0.6) is 0 Å². The lowest BCUT2D eigenvalue weighted by molar-refractivity contribution is -0.124. The summed E-state index contributed by atoms with van der Waals surface area (Å²) in [6.07, 6.45) is 0.135. The zero-order valence-corrected chi connectivity index (χ0v) is 14.7. The van der Waals surface area contributed by atoms with Gasteiger partial charge in [0.15, 0.2) is 0 Å². The van der Waals surface area contributed by atoms with Crippen LogP contribution in [0.1, 0.15) is 24.9 Å². The monoisotopic (exact) mass is 360 g/mol. The average Bonchev–Trinajstić information content (AvgIpc) is 2.55. The molecule has 0 bridgehead atoms. The van der Waals surface area contributed by atoms with Crippen molar-refractivity contribution < 1.29 is 9.59 Å². The molecule has 0 unspecified atom stereocenters. The Balaban J connectivity index is 1.62. The first kappa shape index (κ1) is 16.9. The van der Waals surface area contributed by atoms with E-state index in [-0.39, 0.29) is 24.3 Å². The van der Waals surface area contributed by atoms with Crippen molar-refractivity contribution in [2.75, 3.05) is 5.32 Å². The molecule has 2 N–H and O–H groups in total. The third kappa shape index (κ3) is 3.91. The number of anilines is 1. The Kier molecular flexibility index (Phi) is 5.11. The highest BCUT2D eigenvalue weighted by atomic mass is 35.5. The Labute approximate surface area is 150 Å². The maximum atomic E-state index is 12.3. The van der Waals surface area contributed by atoms with Gasteiger partial charge in [0, 0.05) is 16.3 Å². The molecule has 0 fully saturated rings. The second-order valence-electron chi connectivity index (χ2n) is 5.64. The molecule has 0 spiro atoms. The van der Waals surface area contributed by atoms with Crippen LogP contribution in [-0.2, 0) is 9.59 Å². The SMILES string of the molecule is C[C@@H](NC(=O)C[C@@H]1Sc2ccccc2NC1=O)c1cccc(Cl)c1. The van der Waals surface area contributed by atoms with Crippen LogP contribution in [0.25, 0.3) is 0 Å². The Morgan fingerprint density at radius 1 is 1.29 bits per heavy atom. The molecule has 0 saturated heterocycles. The van der Waals surface area contributed by atoms with E-state index in [0.29, 0.717) is 5.02 Å². The van der Waals surface area contributed by atoms with E-state index in [1.165, 1.54) is 11.8 Å². The molecule has 24 heavy (non-hydrogen) atoms. The predicted molar refractivity (Wildman–Crippen MR) is 97.3 cm³/mol. The number of rotatable bonds is 4. The van der Waals surface area contributed by atoms with Gasteiger partial charge in [-0.05, 0) is 36.8 Å². The summed E-state index contributed by atoms with van der Waals surface area (Å²) >= 11 is 7.40. The molecule has 4 nitrogen and oxygen atoms in total. The van der Waals surface area contributed by atoms with Gasteiger partial charge in [-0.1, -0.05) is 35.9 Å². The Hall–Kier alpha value is -1.98. The number of carbonyl (C=O) groups excluding carboxylic acids is 2. The van der Waals surface area contributed by atoms with Crippen LogP contribution in [0.15, 0.2) is 53.4 Å². The van der Waals surface area contributed by atoms with Crippen LogP contribution in [0.3, 0.4) is 0 Å². The normalized spacial score (nSPS) is 17.6. The number of para-hydroxylation sites is 1. The summed E-state index contributed by atoms with van der Waals surface area (Å²) in [7, 11) is 0. The van der Waals surface area contributed by atoms with E-state index < -0.39 is 5.25 Å². The highest BCUT2D eigenvalue weighted by Crippen LogP contribution is 2.36. The Bertz CT molecular complexity index is 781. The Morgan fingerprint density at radius 3 is 2.88 bits per heavy atom. The molecule has 1 aliphatic heterocycles. The van der Waals surface area contributed by atoms with Crippen molar-refractivity contribution >= 4 is 40.9 Å². The van der Waals surface area contributed by atoms with E-state index in [1.54, 1.807) is 6.07 Å². The summed E-state index contributed by atoms with van der Waals surface area (Å²) in [5.41, 5.74) is 1.73. The van der Waals surface area contributed by atoms with Gasteiger partial charge in [0.2, 0.25) is 11.8 Å². The lowest BCUT2D eigenvalue weighted by atomic mass is 10.1. The minimum absolute atomic E-state index is 0.135. The average molecular weight is 361 g/mol. The molecule has 1 aliphatic rings. The third-order valence-corrected chi connectivity index (χ3v) is 5.31. The van der Waals surface area contributed by atoms with E-state index in [9.17, 15) is 9.59 Å². The number of amides is 2. The molecule has 0 radical (unpaired) electrons. The number of hydrogen-bond donors (Lipinski definition) is 2. The van der Waals surface area contributed by atoms with Gasteiger partial charge in [-0.3, -0.25) is 9.59 Å². The molecule has 124 valence electrons. The summed E-state index contributed by atoms with van der Waals surface area (Å²) in [6.45, 7) is 1.90. The summed E-state index contributed by atoms with van der Waals surface area (Å²) in [4.78, 5) is 25.4. The molecule has 0 saturated carbocycles. The molecule has 2 atom stereocenters. The van der Waals surface area contributed by atoms with Crippen LogP contribution in [-0.4, -0.2) is 17.1 Å². The van der Waals surface area contributed by atoms with Gasteiger partial charge in [0.25, 0.3) is 0 Å². The number of nitrogens with one attached hydrogen (secondary N) is 2. The number of carbonyl (C=O) groups is 2. The molecule has 6 heteroatoms. The molecule has 3 rings (SSSR count). The van der Waals surface area contributed by atoms with Crippen LogP contribution in [0.4, 0.5) is 5.69 Å². The summed E-state index contributed by atoms with van der Waals surface area (Å²) in [6, 6.07) is 14.8. The number of thioether (sulfide) groups is 1. The highest BCUT2D eigenvalue weighted by Gasteiger charge is 2.29. The lowest BCUT2D eigenvalue weighted by Gasteiger charge is -2.24. The van der Waals surface area contributed by atoms with Gasteiger partial charge in [-0.2, -0.15) is 0 Å². The quantitative estimate of drug-likeness (QED) is 0.865. The molecule has 2 amide bonds. The van der Waals surface area contributed by atoms with Gasteiger partial charge in [0.05, 0.1) is 17.0 Å². The first-order valence-corrected chi connectivity index (χ1v) is 8.90. The van der Waals surface area contributed by atoms with Crippen molar-refractivity contribution in [2.45, 2.75) is 29.5 Å². The van der Waals surface area contributed by atoms with Crippen molar-refractivity contribution in [3.8, 4) is 0 Å². The van der Waals surface area contributed by atoms with Crippen molar-refractivity contribution in [1.29, 1.82) is 0 Å². The molecule has 1 heterocycles. The van der Waals surface area contributed by atoms with Gasteiger partial charge in [-0.15, -0.1) is 11.8 Å². The van der Waals surface area contributed by atoms with E-state index >= 15 is 0 Å². The summed E-state index contributed by atoms with van der Waals surface area (Å²) in [5, 5.41) is 5.98. The van der Waals surface area contributed by atoms with Crippen LogP contribution < -0.4 is 10.6 Å². The largest absolute Gasteiger partial charge is 0.350 e. The molecule has 2 aromatic rings. The van der Waals surface area contributed by atoms with Crippen LogP contribution in [0, 0.1) is 0 Å². The van der Waals surface area contributed by atoms with E-state index in [0.717, 1.165) is 16.1 Å². The third-order valence-electron chi connectivity index (χ3n) is 3.80. The van der Waals surface area contributed by atoms with E-state index in [2.05, 4.69) is 10.6 Å². The molecular formula is C18H17ClN2O2S. The fraction of sp³-hybridized carbons (Fsp3) is 0.222. The second-order valence-corrected chi connectivity index (χ2v) is 7.32. The molecular weight excluding hydrogens is 344 g/mol. The second kappa shape index (κ2) is 7.28. The lowest BCUT2D eigenvalue weighted by Crippen LogP contribution is -2.35. The summed E-state index contributed by atoms with van der Waals surface area (Å²) < 4.78 is 0. The smallest absolute Gasteiger partial charge is 0.238 e. The number of hydrogen-bond acceptors (Lipinski definition) is 3. The topological polar surface area (TPSA) is 58.2 Å². The van der Waals surface area contributed by atoms with Crippen molar-refractivity contribution in [3.63, 3.8) is 0 Å². The molecule has 2 aromatic carbocycles. The number of fused-ring (bicyclic) bond motifs is 1. The van der Waals surface area contributed by atoms with Crippen LogP contribution >= 0.6 is 23.4 Å². The predicted octanol–water partition coefficient (Wildman–Crippen LogP) is 4.02. The highest BCUT2D eigenvalue weighted by molar-refractivity contribution is 8.01. The van der Waals surface area contributed by atoms with Crippen LogP contribution in [0.2, 0.25) is 5.02 Å². The van der Waals surface area contributed by atoms with Gasteiger partial charge >= 0.3 is 0 Å². The maximum Gasteiger partial charge on any atom is 0.238 e. The fourth-order valence-electron chi connectivity index (χ4n) is 2.56. The number of benzene rings is 2. The van der Waals surface area contributed by atoms with Crippen molar-refractivity contribution in [3.05, 3.63) is 59.1 Å². The Morgan fingerprint density at radius 2 is 2.08 bits per heavy atom. The number of halogens is 1. The first-order valence-electron chi connectivity index (χ1n) is 7.64. The van der Waals surface area contributed by atoms with Gasteiger partial charge in [-0.25, -0.2) is 0 Å². The van der Waals surface area contributed by atoms with Gasteiger partial charge in [0.1, 0.15) is 0 Å². The zero-order valence-electron chi connectivity index (χ0n) is 13.1. The first-order chi connectivity index (χ1) is 11.5. The molecule has 0 aliphatic carbocycles. The summed E-state index contributed by atoms with van der Waals surface area (Å²) in [5.74, 6) is -0.293. The van der Waals surface area contributed by atoms with E-state index in [4.69, 9.17) is 11.6 Å². The minimum atomic E-state index is -0.425.